The Kier molecular flexibility index (Phi) is 5.10. The molecule has 0 bridgehead atoms. The second-order valence-electron chi connectivity index (χ2n) is 5.50. The van der Waals surface area contributed by atoms with Gasteiger partial charge in [-0.3, -0.25) is 4.79 Å². The molecule has 24 heavy (non-hydrogen) atoms. The molecule has 0 aliphatic carbocycles. The average molecular weight is 328 g/mol. The smallest absolute Gasteiger partial charge is 0.231 e. The van der Waals surface area contributed by atoms with Gasteiger partial charge in [0.15, 0.2) is 17.3 Å². The minimum Gasteiger partial charge on any atom is -0.454 e. The highest BCUT2D eigenvalue weighted by Crippen LogP contribution is 2.32. The standard InChI is InChI=1S/C17H20N4O3/c1-2-3-4-17(22)19-16-8-7-15(20-21-16)18-10-12-5-6-13-14(9-12)24-11-23-13/h5-9H,2-4,10-11H2,1H3,(H,18,20)(H,19,21,22). The molecular weight excluding hydrogens is 308 g/mol. The molecule has 1 amide bonds. The van der Waals surface area contributed by atoms with E-state index in [4.69, 9.17) is 9.47 Å². The Labute approximate surface area is 140 Å². The number of nitrogens with one attached hydrogen (secondary N) is 2. The van der Waals surface area contributed by atoms with Crippen molar-refractivity contribution >= 4 is 17.5 Å². The second kappa shape index (κ2) is 7.63. The molecule has 7 nitrogen and oxygen atoms in total. The lowest BCUT2D eigenvalue weighted by molar-refractivity contribution is -0.116. The van der Waals surface area contributed by atoms with Crippen molar-refractivity contribution in [3.05, 3.63) is 35.9 Å². The maximum absolute atomic E-state index is 11.6. The fourth-order valence-corrected chi connectivity index (χ4v) is 2.28. The molecule has 1 aromatic carbocycles. The van der Waals surface area contributed by atoms with Crippen molar-refractivity contribution < 1.29 is 14.3 Å². The van der Waals surface area contributed by atoms with E-state index in [1.165, 1.54) is 0 Å². The first kappa shape index (κ1) is 16.0. The van der Waals surface area contributed by atoms with Crippen molar-refractivity contribution in [1.29, 1.82) is 0 Å². The molecule has 1 aliphatic heterocycles. The van der Waals surface area contributed by atoms with Crippen LogP contribution in [0.5, 0.6) is 11.5 Å². The van der Waals surface area contributed by atoms with Crippen LogP contribution >= 0.6 is 0 Å². The summed E-state index contributed by atoms with van der Waals surface area (Å²) in [6.45, 7) is 2.91. The number of aromatic nitrogens is 2. The number of rotatable bonds is 7. The van der Waals surface area contributed by atoms with E-state index in [9.17, 15) is 4.79 Å². The van der Waals surface area contributed by atoms with Gasteiger partial charge >= 0.3 is 0 Å². The summed E-state index contributed by atoms with van der Waals surface area (Å²) < 4.78 is 10.6. The molecule has 2 heterocycles. The van der Waals surface area contributed by atoms with Crippen molar-refractivity contribution in [2.75, 3.05) is 17.4 Å². The van der Waals surface area contributed by atoms with Gasteiger partial charge in [0.2, 0.25) is 12.7 Å². The predicted octanol–water partition coefficient (Wildman–Crippen LogP) is 2.95. The SMILES string of the molecule is CCCCC(=O)Nc1ccc(NCc2ccc3c(c2)OCO3)nn1. The molecule has 1 aliphatic rings. The zero-order valence-corrected chi connectivity index (χ0v) is 13.5. The molecule has 2 N–H and O–H groups in total. The van der Waals surface area contributed by atoms with Crippen LogP contribution < -0.4 is 20.1 Å². The Morgan fingerprint density at radius 3 is 2.71 bits per heavy atom. The lowest BCUT2D eigenvalue weighted by atomic mass is 10.2. The van der Waals surface area contributed by atoms with Gasteiger partial charge in [-0.1, -0.05) is 19.4 Å². The van der Waals surface area contributed by atoms with Crippen LogP contribution in [0.25, 0.3) is 0 Å². The molecule has 0 spiro atoms. The van der Waals surface area contributed by atoms with Crippen molar-refractivity contribution in [3.8, 4) is 11.5 Å². The molecule has 2 aromatic rings. The number of amides is 1. The number of ether oxygens (including phenoxy) is 2. The average Bonchev–Trinajstić information content (AvgIpc) is 3.07. The molecule has 0 saturated heterocycles. The maximum Gasteiger partial charge on any atom is 0.231 e. The summed E-state index contributed by atoms with van der Waals surface area (Å²) >= 11 is 0. The van der Waals surface area contributed by atoms with Gasteiger partial charge in [0.25, 0.3) is 0 Å². The van der Waals surface area contributed by atoms with Crippen molar-refractivity contribution in [2.45, 2.75) is 32.7 Å². The van der Waals surface area contributed by atoms with Gasteiger partial charge in [-0.15, -0.1) is 10.2 Å². The summed E-state index contributed by atoms with van der Waals surface area (Å²) in [5, 5.41) is 14.0. The van der Waals surface area contributed by atoms with Crippen molar-refractivity contribution in [2.24, 2.45) is 0 Å². The van der Waals surface area contributed by atoms with E-state index < -0.39 is 0 Å². The van der Waals surface area contributed by atoms with Crippen LogP contribution in [0, 0.1) is 0 Å². The van der Waals surface area contributed by atoms with Crippen LogP contribution in [-0.4, -0.2) is 22.9 Å². The van der Waals surface area contributed by atoms with E-state index in [2.05, 4.69) is 20.8 Å². The first-order valence-electron chi connectivity index (χ1n) is 8.00. The van der Waals surface area contributed by atoms with Crippen LogP contribution in [0.2, 0.25) is 0 Å². The van der Waals surface area contributed by atoms with Gasteiger partial charge in [-0.05, 0) is 36.2 Å². The van der Waals surface area contributed by atoms with Crippen molar-refractivity contribution in [1.82, 2.24) is 10.2 Å². The Hall–Kier alpha value is -2.83. The van der Waals surface area contributed by atoms with Gasteiger partial charge in [0, 0.05) is 13.0 Å². The number of nitrogens with zero attached hydrogens (tertiary/aromatic N) is 2. The quantitative estimate of drug-likeness (QED) is 0.813. The van der Waals surface area contributed by atoms with Gasteiger partial charge in [0.05, 0.1) is 0 Å². The first-order valence-corrected chi connectivity index (χ1v) is 8.00. The van der Waals surface area contributed by atoms with Crippen LogP contribution in [0.1, 0.15) is 31.7 Å². The molecule has 3 rings (SSSR count). The summed E-state index contributed by atoms with van der Waals surface area (Å²) in [5.41, 5.74) is 1.05. The third-order valence-electron chi connectivity index (χ3n) is 3.60. The molecule has 126 valence electrons. The highest BCUT2D eigenvalue weighted by Gasteiger charge is 2.13. The highest BCUT2D eigenvalue weighted by molar-refractivity contribution is 5.89. The van der Waals surface area contributed by atoms with Crippen LogP contribution in [0.15, 0.2) is 30.3 Å². The second-order valence-corrected chi connectivity index (χ2v) is 5.50. The summed E-state index contributed by atoms with van der Waals surface area (Å²) in [7, 11) is 0. The topological polar surface area (TPSA) is 85.4 Å². The number of hydrogen-bond donors (Lipinski definition) is 2. The van der Waals surface area contributed by atoms with Gasteiger partial charge < -0.3 is 20.1 Å². The summed E-state index contributed by atoms with van der Waals surface area (Å²) in [5.74, 6) is 2.59. The third-order valence-corrected chi connectivity index (χ3v) is 3.60. The zero-order valence-electron chi connectivity index (χ0n) is 13.5. The molecule has 0 fully saturated rings. The van der Waals surface area contributed by atoms with Crippen LogP contribution in [-0.2, 0) is 11.3 Å². The van der Waals surface area contributed by atoms with E-state index in [0.717, 1.165) is 29.9 Å². The Bertz CT molecular complexity index is 703. The maximum atomic E-state index is 11.6. The Balaban J connectivity index is 1.52. The summed E-state index contributed by atoms with van der Waals surface area (Å²) in [6, 6.07) is 9.32. The summed E-state index contributed by atoms with van der Waals surface area (Å²) in [4.78, 5) is 11.6. The normalized spacial score (nSPS) is 12.0. The van der Waals surface area contributed by atoms with Crippen molar-refractivity contribution in [3.63, 3.8) is 0 Å². The number of carbonyl (C=O) groups excluding carboxylic acids is 1. The van der Waals surface area contributed by atoms with Crippen LogP contribution in [0.3, 0.4) is 0 Å². The lowest BCUT2D eigenvalue weighted by Gasteiger charge is -2.07. The molecule has 7 heteroatoms. The molecular formula is C17H20N4O3. The number of anilines is 2. The molecule has 0 radical (unpaired) electrons. The fraction of sp³-hybridized carbons (Fsp3) is 0.353. The summed E-state index contributed by atoms with van der Waals surface area (Å²) in [6.07, 6.45) is 2.36. The fourth-order valence-electron chi connectivity index (χ4n) is 2.28. The minimum atomic E-state index is -0.0350. The minimum absolute atomic E-state index is 0.0350. The van der Waals surface area contributed by atoms with E-state index in [-0.39, 0.29) is 12.7 Å². The monoisotopic (exact) mass is 328 g/mol. The Morgan fingerprint density at radius 1 is 1.12 bits per heavy atom. The number of fused-ring (bicyclic) bond motifs is 1. The van der Waals surface area contributed by atoms with E-state index in [1.54, 1.807) is 12.1 Å². The van der Waals surface area contributed by atoms with E-state index >= 15 is 0 Å². The highest BCUT2D eigenvalue weighted by atomic mass is 16.7. The molecule has 0 unspecified atom stereocenters. The molecule has 0 atom stereocenters. The zero-order chi connectivity index (χ0) is 16.8. The molecule has 0 saturated carbocycles. The third kappa shape index (κ3) is 4.13. The van der Waals surface area contributed by atoms with E-state index in [1.807, 2.05) is 25.1 Å². The number of unbranched alkanes of at least 4 members (excludes halogenated alkanes) is 1. The van der Waals surface area contributed by atoms with E-state index in [0.29, 0.717) is 24.6 Å². The van der Waals surface area contributed by atoms with Gasteiger partial charge in [-0.25, -0.2) is 0 Å². The first-order chi connectivity index (χ1) is 11.7. The predicted molar refractivity (Wildman–Crippen MR) is 90.1 cm³/mol. The number of hydrogen-bond acceptors (Lipinski definition) is 6. The van der Waals surface area contributed by atoms with Crippen LogP contribution in [0.4, 0.5) is 11.6 Å². The molecule has 1 aromatic heterocycles. The lowest BCUT2D eigenvalue weighted by Crippen LogP contribution is -2.13. The largest absolute Gasteiger partial charge is 0.454 e. The van der Waals surface area contributed by atoms with Gasteiger partial charge in [-0.2, -0.15) is 0 Å². The number of benzene rings is 1. The van der Waals surface area contributed by atoms with Gasteiger partial charge in [0.1, 0.15) is 5.82 Å². The number of carbonyl (C=O) groups is 1. The Morgan fingerprint density at radius 2 is 1.92 bits per heavy atom.